The van der Waals surface area contributed by atoms with Crippen LogP contribution in [0.5, 0.6) is 0 Å². The Morgan fingerprint density at radius 2 is 1.92 bits per heavy atom. The van der Waals surface area contributed by atoms with Crippen LogP contribution in [-0.2, 0) is 20.7 Å². The maximum Gasteiger partial charge on any atom is 0.408 e. The van der Waals surface area contributed by atoms with Crippen LogP contribution in [0.15, 0.2) is 12.1 Å². The number of hydrogen-bond acceptors (Lipinski definition) is 4. The summed E-state index contributed by atoms with van der Waals surface area (Å²) in [4.78, 5) is 34.3. The molecule has 0 heterocycles. The molecule has 0 bridgehead atoms. The van der Waals surface area contributed by atoms with Crippen molar-refractivity contribution >= 4 is 34.5 Å². The van der Waals surface area contributed by atoms with Gasteiger partial charge in [-0.3, -0.25) is 9.59 Å². The summed E-state index contributed by atoms with van der Waals surface area (Å²) >= 11 is 5.52. The molecule has 0 saturated heterocycles. The predicted molar refractivity (Wildman–Crippen MR) is 93.2 cm³/mol. The van der Waals surface area contributed by atoms with Gasteiger partial charge in [-0.25, -0.2) is 9.18 Å². The van der Waals surface area contributed by atoms with E-state index in [2.05, 4.69) is 10.6 Å². The maximum atomic E-state index is 14.0. The molecule has 138 valence electrons. The van der Waals surface area contributed by atoms with Gasteiger partial charge in [-0.15, -0.1) is 0 Å². The van der Waals surface area contributed by atoms with Gasteiger partial charge in [-0.2, -0.15) is 0 Å². The van der Waals surface area contributed by atoms with E-state index in [1.54, 1.807) is 26.8 Å². The summed E-state index contributed by atoms with van der Waals surface area (Å²) in [5.41, 5.74) is 1.33. The second-order valence-electron chi connectivity index (χ2n) is 5.92. The van der Waals surface area contributed by atoms with Crippen LogP contribution >= 0.6 is 11.6 Å². The zero-order valence-electron chi connectivity index (χ0n) is 14.6. The Hall–Kier alpha value is -2.15. The molecule has 1 atom stereocenters. The minimum Gasteiger partial charge on any atom is -0.447 e. The third kappa shape index (κ3) is 7.09. The van der Waals surface area contributed by atoms with Crippen LogP contribution in [-0.4, -0.2) is 29.4 Å². The topological polar surface area (TPSA) is 84.5 Å². The summed E-state index contributed by atoms with van der Waals surface area (Å²) in [5, 5.41) is 4.17. The first-order chi connectivity index (χ1) is 11.6. The Kier molecular flexibility index (Phi) is 7.83. The fourth-order valence-electron chi connectivity index (χ4n) is 2.20. The Morgan fingerprint density at radius 3 is 2.44 bits per heavy atom. The number of rotatable bonds is 7. The van der Waals surface area contributed by atoms with E-state index in [-0.39, 0.29) is 24.9 Å². The SMILES string of the molecule is CC(=O)Nc1cc(F)c(C)c(CC[C@H](NC(=O)OC(C)C)C(=O)Cl)c1. The average molecular weight is 373 g/mol. The molecule has 0 unspecified atom stereocenters. The second kappa shape index (κ2) is 9.36. The lowest BCUT2D eigenvalue weighted by atomic mass is 10.00. The highest BCUT2D eigenvalue weighted by Gasteiger charge is 2.21. The van der Waals surface area contributed by atoms with Gasteiger partial charge in [-0.05, 0) is 68.5 Å². The smallest absolute Gasteiger partial charge is 0.408 e. The zero-order chi connectivity index (χ0) is 19.1. The number of hydrogen-bond donors (Lipinski definition) is 2. The summed E-state index contributed by atoms with van der Waals surface area (Å²) in [6.07, 6.45) is -0.638. The molecule has 1 rings (SSSR count). The molecular weight excluding hydrogens is 351 g/mol. The van der Waals surface area contributed by atoms with Crippen LogP contribution in [0.2, 0.25) is 0 Å². The fraction of sp³-hybridized carbons (Fsp3) is 0.471. The predicted octanol–water partition coefficient (Wildman–Crippen LogP) is 3.29. The number of aryl methyl sites for hydroxylation is 1. The van der Waals surface area contributed by atoms with Gasteiger partial charge in [0.05, 0.1) is 6.10 Å². The summed E-state index contributed by atoms with van der Waals surface area (Å²) in [6, 6.07) is 1.89. The molecule has 1 aromatic carbocycles. The van der Waals surface area contributed by atoms with E-state index in [0.29, 0.717) is 16.8 Å². The van der Waals surface area contributed by atoms with Gasteiger partial charge in [0, 0.05) is 12.6 Å². The van der Waals surface area contributed by atoms with Crippen molar-refractivity contribution in [1.82, 2.24) is 5.32 Å². The monoisotopic (exact) mass is 372 g/mol. The first-order valence-corrected chi connectivity index (χ1v) is 8.21. The summed E-state index contributed by atoms with van der Waals surface area (Å²) < 4.78 is 18.9. The van der Waals surface area contributed by atoms with Crippen molar-refractivity contribution < 1.29 is 23.5 Å². The minimum absolute atomic E-state index is 0.166. The molecule has 0 aliphatic heterocycles. The van der Waals surface area contributed by atoms with Crippen molar-refractivity contribution in [2.45, 2.75) is 52.7 Å². The van der Waals surface area contributed by atoms with E-state index in [9.17, 15) is 18.8 Å². The van der Waals surface area contributed by atoms with Gasteiger partial charge in [0.2, 0.25) is 11.1 Å². The molecule has 0 aliphatic carbocycles. The van der Waals surface area contributed by atoms with E-state index in [4.69, 9.17) is 16.3 Å². The molecule has 8 heteroatoms. The normalized spacial score (nSPS) is 11.8. The second-order valence-corrected chi connectivity index (χ2v) is 6.29. The molecule has 0 radical (unpaired) electrons. The Labute approximate surface area is 151 Å². The van der Waals surface area contributed by atoms with Gasteiger partial charge >= 0.3 is 6.09 Å². The Bertz CT molecular complexity index is 664. The van der Waals surface area contributed by atoms with Crippen molar-refractivity contribution in [2.75, 3.05) is 5.32 Å². The molecule has 0 aromatic heterocycles. The Balaban J connectivity index is 2.85. The highest BCUT2D eigenvalue weighted by molar-refractivity contribution is 6.64. The standard InChI is InChI=1S/C17H22ClFN2O4/c1-9(2)25-17(24)21-15(16(18)23)6-5-12-7-13(20-11(4)22)8-14(19)10(12)3/h7-9,15H,5-6H2,1-4H3,(H,20,22)(H,21,24)/t15-/m0/s1. The van der Waals surface area contributed by atoms with Crippen LogP contribution in [0, 0.1) is 12.7 Å². The van der Waals surface area contributed by atoms with E-state index in [0.717, 1.165) is 0 Å². The highest BCUT2D eigenvalue weighted by Crippen LogP contribution is 2.21. The lowest BCUT2D eigenvalue weighted by molar-refractivity contribution is -0.114. The number of amides is 2. The number of alkyl carbamates (subject to hydrolysis) is 1. The molecule has 0 fully saturated rings. The van der Waals surface area contributed by atoms with E-state index < -0.39 is 23.2 Å². The molecule has 0 spiro atoms. The Morgan fingerprint density at radius 1 is 1.28 bits per heavy atom. The fourth-order valence-corrected chi connectivity index (χ4v) is 2.37. The van der Waals surface area contributed by atoms with Crippen molar-refractivity contribution in [1.29, 1.82) is 0 Å². The van der Waals surface area contributed by atoms with Gasteiger partial charge in [-0.1, -0.05) is 0 Å². The van der Waals surface area contributed by atoms with Crippen molar-refractivity contribution in [2.24, 2.45) is 0 Å². The number of ether oxygens (including phenoxy) is 1. The van der Waals surface area contributed by atoms with Gasteiger partial charge in [0.15, 0.2) is 0 Å². The largest absolute Gasteiger partial charge is 0.447 e. The lowest BCUT2D eigenvalue weighted by Gasteiger charge is -2.17. The lowest BCUT2D eigenvalue weighted by Crippen LogP contribution is -2.40. The number of carbonyl (C=O) groups is 3. The van der Waals surface area contributed by atoms with Gasteiger partial charge in [0.1, 0.15) is 11.9 Å². The van der Waals surface area contributed by atoms with Crippen LogP contribution in [0.25, 0.3) is 0 Å². The van der Waals surface area contributed by atoms with Crippen molar-refractivity contribution in [3.8, 4) is 0 Å². The van der Waals surface area contributed by atoms with Crippen LogP contribution < -0.4 is 10.6 Å². The third-order valence-electron chi connectivity index (χ3n) is 3.38. The molecule has 2 N–H and O–H groups in total. The number of halogens is 2. The summed E-state index contributed by atoms with van der Waals surface area (Å²) in [5.74, 6) is -0.789. The average Bonchev–Trinajstić information content (AvgIpc) is 2.46. The molecular formula is C17H22ClFN2O4. The van der Waals surface area contributed by atoms with Crippen molar-refractivity contribution in [3.63, 3.8) is 0 Å². The van der Waals surface area contributed by atoms with Crippen LogP contribution in [0.3, 0.4) is 0 Å². The molecule has 1 aromatic rings. The van der Waals surface area contributed by atoms with Crippen LogP contribution in [0.4, 0.5) is 14.9 Å². The molecule has 0 aliphatic rings. The first-order valence-electron chi connectivity index (χ1n) is 7.83. The van der Waals surface area contributed by atoms with Crippen LogP contribution in [0.1, 0.15) is 38.3 Å². The highest BCUT2D eigenvalue weighted by atomic mass is 35.5. The summed E-state index contributed by atoms with van der Waals surface area (Å²) in [7, 11) is 0. The quantitative estimate of drug-likeness (QED) is 0.719. The number of nitrogens with one attached hydrogen (secondary N) is 2. The zero-order valence-corrected chi connectivity index (χ0v) is 15.4. The first kappa shape index (κ1) is 20.9. The minimum atomic E-state index is -0.959. The third-order valence-corrected chi connectivity index (χ3v) is 3.65. The van der Waals surface area contributed by atoms with E-state index >= 15 is 0 Å². The van der Waals surface area contributed by atoms with E-state index in [1.165, 1.54) is 13.0 Å². The van der Waals surface area contributed by atoms with E-state index in [1.807, 2.05) is 0 Å². The number of anilines is 1. The molecule has 6 nitrogen and oxygen atoms in total. The maximum absolute atomic E-state index is 14.0. The number of carbonyl (C=O) groups excluding carboxylic acids is 3. The van der Waals surface area contributed by atoms with Gasteiger partial charge in [0.25, 0.3) is 0 Å². The molecule has 2 amide bonds. The summed E-state index contributed by atoms with van der Waals surface area (Å²) in [6.45, 7) is 6.28. The van der Waals surface area contributed by atoms with Gasteiger partial charge < -0.3 is 15.4 Å². The number of benzene rings is 1. The molecule has 0 saturated carbocycles. The molecule has 25 heavy (non-hydrogen) atoms. The van der Waals surface area contributed by atoms with Crippen molar-refractivity contribution in [3.05, 3.63) is 29.1 Å².